The number of nitrogens with zero attached hydrogens (tertiary/aromatic N) is 7. The monoisotopic (exact) mass is 465 g/mol. The Hall–Kier alpha value is -3.04. The van der Waals surface area contributed by atoms with Gasteiger partial charge in [-0.3, -0.25) is 4.90 Å². The van der Waals surface area contributed by atoms with Crippen molar-refractivity contribution >= 4 is 11.4 Å². The van der Waals surface area contributed by atoms with E-state index >= 15 is 0 Å². The molecule has 2 saturated heterocycles. The number of anilines is 2. The van der Waals surface area contributed by atoms with E-state index in [1.807, 2.05) is 30.9 Å². The highest BCUT2D eigenvalue weighted by Gasteiger charge is 2.31. The van der Waals surface area contributed by atoms with Crippen LogP contribution < -0.4 is 9.80 Å². The second-order valence-electron chi connectivity index (χ2n) is 9.24. The number of hydrogen-bond donors (Lipinski definition) is 0. The third-order valence-corrected chi connectivity index (χ3v) is 6.80. The number of halogens is 1. The van der Waals surface area contributed by atoms with Crippen LogP contribution in [0.3, 0.4) is 0 Å². The molecule has 2 aliphatic heterocycles. The first-order chi connectivity index (χ1) is 16.6. The second kappa shape index (κ2) is 10.1. The SMILES string of the molecule is CN(C)c1ccc([C@H](c2nnnn2C[C@@H]2CCCO2)N2CCN(c3ccc(F)cc3)CC2)cc1. The van der Waals surface area contributed by atoms with Crippen molar-refractivity contribution in [3.8, 4) is 0 Å². The van der Waals surface area contributed by atoms with Crippen LogP contribution in [0.1, 0.15) is 30.3 Å². The summed E-state index contributed by atoms with van der Waals surface area (Å²) in [5.74, 6) is 0.644. The summed E-state index contributed by atoms with van der Waals surface area (Å²) in [5.41, 5.74) is 3.38. The van der Waals surface area contributed by atoms with Gasteiger partial charge >= 0.3 is 0 Å². The lowest BCUT2D eigenvalue weighted by molar-refractivity contribution is 0.0906. The lowest BCUT2D eigenvalue weighted by atomic mass is 10.0. The Morgan fingerprint density at radius 3 is 2.41 bits per heavy atom. The molecule has 2 atom stereocenters. The van der Waals surface area contributed by atoms with Crippen molar-refractivity contribution < 1.29 is 9.13 Å². The van der Waals surface area contributed by atoms with Crippen molar-refractivity contribution in [2.75, 3.05) is 56.7 Å². The molecule has 9 heteroatoms. The number of aromatic nitrogens is 4. The molecule has 0 radical (unpaired) electrons. The van der Waals surface area contributed by atoms with E-state index in [9.17, 15) is 4.39 Å². The van der Waals surface area contributed by atoms with Gasteiger partial charge < -0.3 is 14.5 Å². The van der Waals surface area contributed by atoms with E-state index in [2.05, 4.69) is 54.5 Å². The van der Waals surface area contributed by atoms with Gasteiger partial charge in [-0.2, -0.15) is 0 Å². The maximum absolute atomic E-state index is 13.4. The molecule has 0 saturated carbocycles. The molecule has 0 spiro atoms. The fourth-order valence-electron chi connectivity index (χ4n) is 4.89. The van der Waals surface area contributed by atoms with Crippen LogP contribution in [0.25, 0.3) is 0 Å². The number of rotatable bonds is 7. The molecule has 3 aromatic rings. The first kappa shape index (κ1) is 22.7. The van der Waals surface area contributed by atoms with Crippen molar-refractivity contribution in [2.45, 2.75) is 31.5 Å². The van der Waals surface area contributed by atoms with Crippen LogP contribution in [0.2, 0.25) is 0 Å². The van der Waals surface area contributed by atoms with E-state index < -0.39 is 0 Å². The predicted molar refractivity (Wildman–Crippen MR) is 130 cm³/mol. The quantitative estimate of drug-likeness (QED) is 0.532. The van der Waals surface area contributed by atoms with Gasteiger partial charge in [0.25, 0.3) is 0 Å². The minimum atomic E-state index is -0.207. The molecule has 0 N–H and O–H groups in total. The van der Waals surface area contributed by atoms with E-state index in [0.29, 0.717) is 6.54 Å². The third kappa shape index (κ3) is 4.90. The van der Waals surface area contributed by atoms with E-state index in [0.717, 1.165) is 62.8 Å². The normalized spacial score (nSPS) is 20.0. The Bertz CT molecular complexity index is 1060. The molecule has 2 aromatic carbocycles. The zero-order valence-electron chi connectivity index (χ0n) is 19.8. The fourth-order valence-corrected chi connectivity index (χ4v) is 4.89. The molecule has 2 fully saturated rings. The van der Waals surface area contributed by atoms with Gasteiger partial charge in [-0.05, 0) is 65.2 Å². The lowest BCUT2D eigenvalue weighted by Crippen LogP contribution is -2.48. The largest absolute Gasteiger partial charge is 0.378 e. The maximum Gasteiger partial charge on any atom is 0.173 e. The Morgan fingerprint density at radius 2 is 1.76 bits per heavy atom. The van der Waals surface area contributed by atoms with E-state index in [1.54, 1.807) is 0 Å². The summed E-state index contributed by atoms with van der Waals surface area (Å²) in [7, 11) is 4.09. The Labute approximate surface area is 199 Å². The summed E-state index contributed by atoms with van der Waals surface area (Å²) in [6.07, 6.45) is 2.29. The van der Waals surface area contributed by atoms with Gasteiger partial charge in [0.15, 0.2) is 5.82 Å². The number of ether oxygens (including phenoxy) is 1. The van der Waals surface area contributed by atoms with Crippen LogP contribution in [-0.4, -0.2) is 78.1 Å². The van der Waals surface area contributed by atoms with Gasteiger partial charge in [0.2, 0.25) is 0 Å². The smallest absolute Gasteiger partial charge is 0.173 e. The summed E-state index contributed by atoms with van der Waals surface area (Å²) in [6.45, 7) is 4.89. The van der Waals surface area contributed by atoms with E-state index in [-0.39, 0.29) is 18.0 Å². The summed E-state index contributed by atoms with van der Waals surface area (Å²) in [6, 6.07) is 15.3. The molecule has 1 aromatic heterocycles. The fraction of sp³-hybridized carbons (Fsp3) is 0.480. The van der Waals surface area contributed by atoms with Gasteiger partial charge in [-0.15, -0.1) is 5.10 Å². The molecule has 34 heavy (non-hydrogen) atoms. The lowest BCUT2D eigenvalue weighted by Gasteiger charge is -2.40. The highest BCUT2D eigenvalue weighted by Crippen LogP contribution is 2.31. The molecule has 3 heterocycles. The molecule has 0 bridgehead atoms. The van der Waals surface area contributed by atoms with Crippen LogP contribution in [0, 0.1) is 5.82 Å². The van der Waals surface area contributed by atoms with Crippen molar-refractivity contribution in [1.29, 1.82) is 0 Å². The molecular weight excluding hydrogens is 433 g/mol. The molecule has 180 valence electrons. The Morgan fingerprint density at radius 1 is 1.03 bits per heavy atom. The zero-order chi connectivity index (χ0) is 23.5. The van der Waals surface area contributed by atoms with Gasteiger partial charge in [0.1, 0.15) is 5.82 Å². The van der Waals surface area contributed by atoms with Crippen LogP contribution in [0.15, 0.2) is 48.5 Å². The summed E-state index contributed by atoms with van der Waals surface area (Å²) < 4.78 is 21.1. The van der Waals surface area contributed by atoms with Gasteiger partial charge in [-0.1, -0.05) is 12.1 Å². The van der Waals surface area contributed by atoms with Crippen LogP contribution in [0.4, 0.5) is 15.8 Å². The molecular formula is C25H32FN7O. The minimum absolute atomic E-state index is 0.0528. The first-order valence-electron chi connectivity index (χ1n) is 12.0. The topological polar surface area (TPSA) is 62.6 Å². The number of hydrogen-bond acceptors (Lipinski definition) is 7. The van der Waals surface area contributed by atoms with Crippen molar-refractivity contribution in [3.63, 3.8) is 0 Å². The number of benzene rings is 2. The highest BCUT2D eigenvalue weighted by atomic mass is 19.1. The van der Waals surface area contributed by atoms with Crippen molar-refractivity contribution in [2.24, 2.45) is 0 Å². The number of piperazine rings is 1. The molecule has 2 aliphatic rings. The summed E-state index contributed by atoms with van der Waals surface area (Å²) in [5, 5.41) is 12.9. The highest BCUT2D eigenvalue weighted by molar-refractivity contribution is 5.48. The van der Waals surface area contributed by atoms with Crippen LogP contribution >= 0.6 is 0 Å². The first-order valence-corrected chi connectivity index (χ1v) is 12.0. The Kier molecular flexibility index (Phi) is 6.73. The zero-order valence-corrected chi connectivity index (χ0v) is 19.8. The molecule has 0 aliphatic carbocycles. The van der Waals surface area contributed by atoms with Crippen molar-refractivity contribution in [3.05, 3.63) is 65.7 Å². The minimum Gasteiger partial charge on any atom is -0.378 e. The van der Waals surface area contributed by atoms with Crippen LogP contribution in [0.5, 0.6) is 0 Å². The predicted octanol–water partition coefficient (Wildman–Crippen LogP) is 2.97. The van der Waals surface area contributed by atoms with Crippen molar-refractivity contribution in [1.82, 2.24) is 25.1 Å². The summed E-state index contributed by atoms with van der Waals surface area (Å²) in [4.78, 5) is 6.85. The number of tetrazole rings is 1. The van der Waals surface area contributed by atoms with Crippen LogP contribution in [-0.2, 0) is 11.3 Å². The molecule has 5 rings (SSSR count). The summed E-state index contributed by atoms with van der Waals surface area (Å²) >= 11 is 0. The Balaban J connectivity index is 1.40. The molecule has 8 nitrogen and oxygen atoms in total. The van der Waals surface area contributed by atoms with Gasteiger partial charge in [0.05, 0.1) is 18.7 Å². The second-order valence-corrected chi connectivity index (χ2v) is 9.24. The molecule has 0 amide bonds. The average molecular weight is 466 g/mol. The standard InChI is InChI=1S/C25H32FN7O/c1-30(2)21-9-5-19(6-10-21)24(25-27-28-29-33(25)18-23-4-3-17-34-23)32-15-13-31(14-16-32)22-11-7-20(26)8-12-22/h5-12,23-24H,3-4,13-18H2,1-2H3/t23-,24+/m0/s1. The van der Waals surface area contributed by atoms with E-state index in [4.69, 9.17) is 4.74 Å². The van der Waals surface area contributed by atoms with E-state index in [1.165, 1.54) is 17.7 Å². The average Bonchev–Trinajstić information content (AvgIpc) is 3.54. The maximum atomic E-state index is 13.4. The van der Waals surface area contributed by atoms with Gasteiger partial charge in [-0.25, -0.2) is 9.07 Å². The third-order valence-electron chi connectivity index (χ3n) is 6.80. The molecule has 0 unspecified atom stereocenters. The van der Waals surface area contributed by atoms with Gasteiger partial charge in [0, 0.05) is 58.3 Å².